The number of benzene rings is 1. The highest BCUT2D eigenvalue weighted by molar-refractivity contribution is 6.03. The molecule has 1 aliphatic carbocycles. The van der Waals surface area contributed by atoms with Crippen molar-refractivity contribution in [2.24, 2.45) is 11.1 Å². The van der Waals surface area contributed by atoms with Crippen molar-refractivity contribution in [1.82, 2.24) is 14.7 Å². The van der Waals surface area contributed by atoms with E-state index < -0.39 is 5.91 Å². The first-order valence-corrected chi connectivity index (χ1v) is 11.0. The van der Waals surface area contributed by atoms with Crippen molar-refractivity contribution in [3.63, 3.8) is 0 Å². The number of nitrogen functional groups attached to an aromatic ring is 1. The van der Waals surface area contributed by atoms with Gasteiger partial charge in [-0.2, -0.15) is 5.10 Å². The van der Waals surface area contributed by atoms with Gasteiger partial charge in [-0.3, -0.25) is 9.59 Å². The number of likely N-dealkylation sites (tertiary alicyclic amines) is 1. The molecule has 1 spiro atoms. The van der Waals surface area contributed by atoms with Crippen molar-refractivity contribution in [3.8, 4) is 28.8 Å². The first-order valence-electron chi connectivity index (χ1n) is 11.0. The Morgan fingerprint density at radius 3 is 2.62 bits per heavy atom. The molecule has 2 heterocycles. The van der Waals surface area contributed by atoms with Gasteiger partial charge in [-0.15, -0.1) is 0 Å². The number of aromatic nitrogens is 2. The Bertz CT molecular complexity index is 1090. The number of anilines is 1. The maximum atomic E-state index is 12.2. The van der Waals surface area contributed by atoms with E-state index in [2.05, 4.69) is 11.8 Å². The minimum Gasteiger partial charge on any atom is -0.494 e. The third kappa shape index (κ3) is 3.91. The van der Waals surface area contributed by atoms with Gasteiger partial charge >= 0.3 is 0 Å². The van der Waals surface area contributed by atoms with E-state index >= 15 is 0 Å². The number of hydrogen-bond acceptors (Lipinski definition) is 5. The zero-order valence-corrected chi connectivity index (χ0v) is 18.6. The molecule has 0 radical (unpaired) electrons. The van der Waals surface area contributed by atoms with E-state index in [-0.39, 0.29) is 22.9 Å². The Kier molecular flexibility index (Phi) is 5.83. The molecule has 4 N–H and O–H groups in total. The van der Waals surface area contributed by atoms with Gasteiger partial charge < -0.3 is 21.1 Å². The summed E-state index contributed by atoms with van der Waals surface area (Å²) in [6, 6.07) is 7.50. The largest absolute Gasteiger partial charge is 0.494 e. The van der Waals surface area contributed by atoms with Crippen LogP contribution in [0.3, 0.4) is 0 Å². The lowest BCUT2D eigenvalue weighted by Crippen LogP contribution is -2.42. The summed E-state index contributed by atoms with van der Waals surface area (Å²) in [5.74, 6) is 5.64. The van der Waals surface area contributed by atoms with E-state index in [9.17, 15) is 9.59 Å². The summed E-state index contributed by atoms with van der Waals surface area (Å²) in [5, 5.41) is 4.70. The fraction of sp³-hybridized carbons (Fsp3) is 0.458. The predicted molar refractivity (Wildman–Crippen MR) is 122 cm³/mol. The van der Waals surface area contributed by atoms with E-state index in [4.69, 9.17) is 21.3 Å². The Balaban J connectivity index is 1.53. The Morgan fingerprint density at radius 2 is 2.00 bits per heavy atom. The van der Waals surface area contributed by atoms with Gasteiger partial charge in [0.1, 0.15) is 22.8 Å². The van der Waals surface area contributed by atoms with Crippen LogP contribution in [-0.4, -0.2) is 46.2 Å². The van der Waals surface area contributed by atoms with Gasteiger partial charge in [0.05, 0.1) is 12.6 Å². The standard InChI is InChI=1S/C24H29N5O3/c1-3-5-19(30)28-11-10-24(15-28)13-17(14-24)29-22(25)20(23(26)31)21(27-29)16-6-8-18(9-7-16)32-12-4-2/h6-9,17H,4,10-15,25H2,1-2H3,(H2,26,31)/t17-,24-. The molecule has 2 aliphatic rings. The molecular formula is C24H29N5O3. The maximum absolute atomic E-state index is 12.2. The van der Waals surface area contributed by atoms with Gasteiger partial charge in [-0.25, -0.2) is 4.68 Å². The summed E-state index contributed by atoms with van der Waals surface area (Å²) in [4.78, 5) is 26.1. The Morgan fingerprint density at radius 1 is 1.28 bits per heavy atom. The second-order valence-electron chi connectivity index (χ2n) is 8.70. The molecule has 32 heavy (non-hydrogen) atoms. The highest BCUT2D eigenvalue weighted by Crippen LogP contribution is 2.54. The number of nitrogens with two attached hydrogens (primary N) is 2. The van der Waals surface area contributed by atoms with Crippen LogP contribution in [0, 0.1) is 17.3 Å². The maximum Gasteiger partial charge on any atom is 0.298 e. The molecule has 1 saturated carbocycles. The van der Waals surface area contributed by atoms with Crippen molar-refractivity contribution in [3.05, 3.63) is 29.8 Å². The van der Waals surface area contributed by atoms with Gasteiger partial charge in [0.2, 0.25) is 0 Å². The number of hydrogen-bond donors (Lipinski definition) is 2. The lowest BCUT2D eigenvalue weighted by molar-refractivity contribution is -0.125. The predicted octanol–water partition coefficient (Wildman–Crippen LogP) is 2.60. The summed E-state index contributed by atoms with van der Waals surface area (Å²) in [6.45, 7) is 5.79. The van der Waals surface area contributed by atoms with Crippen LogP contribution >= 0.6 is 0 Å². The molecule has 8 heteroatoms. The SMILES string of the molecule is CC#CC(=O)N1CC[C@]2(C1)C[C@H](n1nc(-c3ccc(OCCC)cc3)c(C(N)=O)c1N)C2. The molecule has 4 rings (SSSR count). The van der Waals surface area contributed by atoms with Crippen molar-refractivity contribution < 1.29 is 14.3 Å². The van der Waals surface area contributed by atoms with Gasteiger partial charge in [0.25, 0.3) is 11.8 Å². The van der Waals surface area contributed by atoms with Gasteiger partial charge in [-0.05, 0) is 68.2 Å². The minimum absolute atomic E-state index is 0.0689. The van der Waals surface area contributed by atoms with Crippen LogP contribution in [-0.2, 0) is 4.79 Å². The summed E-state index contributed by atoms with van der Waals surface area (Å²) in [7, 11) is 0. The van der Waals surface area contributed by atoms with E-state index in [0.717, 1.165) is 43.5 Å². The molecule has 2 aromatic rings. The molecule has 0 bridgehead atoms. The first-order chi connectivity index (χ1) is 15.4. The van der Waals surface area contributed by atoms with Crippen LogP contribution in [0.15, 0.2) is 24.3 Å². The van der Waals surface area contributed by atoms with Crippen LogP contribution in [0.2, 0.25) is 0 Å². The molecule has 1 aromatic heterocycles. The van der Waals surface area contributed by atoms with Crippen LogP contribution < -0.4 is 16.2 Å². The number of carbonyl (C=O) groups excluding carboxylic acids is 2. The van der Waals surface area contributed by atoms with Crippen LogP contribution in [0.5, 0.6) is 5.75 Å². The average Bonchev–Trinajstić information content (AvgIpc) is 3.34. The van der Waals surface area contributed by atoms with Crippen molar-refractivity contribution in [1.29, 1.82) is 0 Å². The van der Waals surface area contributed by atoms with E-state index in [0.29, 0.717) is 24.7 Å². The Labute approximate surface area is 187 Å². The van der Waals surface area contributed by atoms with Crippen LogP contribution in [0.1, 0.15) is 55.9 Å². The molecular weight excluding hydrogens is 406 g/mol. The first kappa shape index (κ1) is 21.8. The minimum atomic E-state index is -0.597. The second-order valence-corrected chi connectivity index (χ2v) is 8.70. The number of ether oxygens (including phenoxy) is 1. The average molecular weight is 436 g/mol. The third-order valence-corrected chi connectivity index (χ3v) is 6.44. The summed E-state index contributed by atoms with van der Waals surface area (Å²) in [5.41, 5.74) is 13.6. The molecule has 2 amide bonds. The molecule has 8 nitrogen and oxygen atoms in total. The number of nitrogens with zero attached hydrogens (tertiary/aromatic N) is 3. The van der Waals surface area contributed by atoms with Crippen molar-refractivity contribution >= 4 is 17.6 Å². The highest BCUT2D eigenvalue weighted by atomic mass is 16.5. The van der Waals surface area contributed by atoms with Crippen LogP contribution in [0.4, 0.5) is 5.82 Å². The lowest BCUT2D eigenvalue weighted by Gasteiger charge is -2.45. The fourth-order valence-corrected chi connectivity index (χ4v) is 4.84. The normalized spacial score (nSPS) is 21.7. The van der Waals surface area contributed by atoms with Gasteiger partial charge in [-0.1, -0.05) is 12.8 Å². The van der Waals surface area contributed by atoms with Gasteiger partial charge in [0, 0.05) is 18.7 Å². The van der Waals surface area contributed by atoms with E-state index in [1.54, 1.807) is 11.6 Å². The number of primary amides is 1. The molecule has 0 atom stereocenters. The van der Waals surface area contributed by atoms with E-state index in [1.807, 2.05) is 36.1 Å². The molecule has 1 aliphatic heterocycles. The van der Waals surface area contributed by atoms with Crippen LogP contribution in [0.25, 0.3) is 11.3 Å². The lowest BCUT2D eigenvalue weighted by atomic mass is 9.65. The zero-order chi connectivity index (χ0) is 22.9. The van der Waals surface area contributed by atoms with Crippen molar-refractivity contribution in [2.45, 2.75) is 45.6 Å². The molecule has 1 aromatic carbocycles. The zero-order valence-electron chi connectivity index (χ0n) is 18.6. The smallest absolute Gasteiger partial charge is 0.298 e. The second kappa shape index (κ2) is 8.58. The Hall–Kier alpha value is -3.47. The van der Waals surface area contributed by atoms with Crippen molar-refractivity contribution in [2.75, 3.05) is 25.4 Å². The topological polar surface area (TPSA) is 116 Å². The molecule has 2 fully saturated rings. The quantitative estimate of drug-likeness (QED) is 0.677. The number of rotatable bonds is 6. The summed E-state index contributed by atoms with van der Waals surface area (Å²) in [6.07, 6.45) is 3.57. The summed E-state index contributed by atoms with van der Waals surface area (Å²) >= 11 is 0. The monoisotopic (exact) mass is 435 g/mol. The molecule has 0 unspecified atom stereocenters. The molecule has 1 saturated heterocycles. The van der Waals surface area contributed by atoms with E-state index in [1.165, 1.54) is 0 Å². The fourth-order valence-electron chi connectivity index (χ4n) is 4.84. The molecule has 168 valence electrons. The number of amides is 2. The highest BCUT2D eigenvalue weighted by Gasteiger charge is 2.51. The summed E-state index contributed by atoms with van der Waals surface area (Å²) < 4.78 is 7.37. The van der Waals surface area contributed by atoms with Gasteiger partial charge in [0.15, 0.2) is 0 Å². The number of carbonyl (C=O) groups is 2. The third-order valence-electron chi connectivity index (χ3n) is 6.44.